The predicted molar refractivity (Wildman–Crippen MR) is 66.0 cm³/mol. The maximum absolute atomic E-state index is 12.2. The number of phenolic OH excluding ortho intramolecular Hbond substituents is 1. The highest BCUT2D eigenvalue weighted by atomic mass is 35.5. The summed E-state index contributed by atoms with van der Waals surface area (Å²) in [4.78, 5) is 0. The molecule has 0 radical (unpaired) electrons. The first-order valence-corrected chi connectivity index (χ1v) is 4.98. The van der Waals surface area contributed by atoms with Crippen molar-refractivity contribution in [1.82, 2.24) is 0 Å². The van der Waals surface area contributed by atoms with Crippen molar-refractivity contribution < 1.29 is 23.4 Å². The molecule has 0 amide bonds. The Hall–Kier alpha value is -1.27. The topological polar surface area (TPSA) is 64.7 Å². The van der Waals surface area contributed by atoms with Gasteiger partial charge in [0.05, 0.1) is 14.2 Å². The van der Waals surface area contributed by atoms with Gasteiger partial charge in [-0.1, -0.05) is 0 Å². The molecule has 0 bridgehead atoms. The second kappa shape index (κ2) is 7.23. The summed E-state index contributed by atoms with van der Waals surface area (Å²) < 4.78 is 34.3. The Morgan fingerprint density at radius 3 is 2.00 bits per heavy atom. The van der Waals surface area contributed by atoms with Gasteiger partial charge in [-0.3, -0.25) is 0 Å². The average molecular weight is 284 g/mol. The lowest BCUT2D eigenvalue weighted by Gasteiger charge is -2.15. The van der Waals surface area contributed by atoms with Crippen molar-refractivity contribution >= 4 is 12.4 Å². The summed E-state index contributed by atoms with van der Waals surface area (Å²) in [6.45, 7) is 0. The average Bonchev–Trinajstić information content (AvgIpc) is 2.28. The van der Waals surface area contributed by atoms with E-state index in [9.17, 15) is 13.9 Å². The maximum Gasteiger partial charge on any atom is 0.240 e. The second-order valence-corrected chi connectivity index (χ2v) is 3.51. The summed E-state index contributed by atoms with van der Waals surface area (Å²) in [5.41, 5.74) is 6.05. The molecule has 0 aliphatic rings. The zero-order valence-electron chi connectivity index (χ0n) is 10.0. The number of halogens is 3. The minimum absolute atomic E-state index is 0. The van der Waals surface area contributed by atoms with E-state index in [0.29, 0.717) is 5.56 Å². The standard InChI is InChI=1S/C11H15F2NO3.ClH/c1-16-8-3-6(7(14)5-10(12)13)4-9(17-2)11(8)15;/h3-4,7,10,15H,5,14H2,1-2H3;1H/t7-;/m1./s1. The van der Waals surface area contributed by atoms with Crippen molar-refractivity contribution in [2.75, 3.05) is 14.2 Å². The molecule has 0 aromatic heterocycles. The highest BCUT2D eigenvalue weighted by Gasteiger charge is 2.18. The van der Waals surface area contributed by atoms with E-state index in [1.54, 1.807) is 0 Å². The SMILES string of the molecule is COc1cc([C@H](N)CC(F)F)cc(OC)c1O.Cl. The molecule has 1 aromatic rings. The van der Waals surface area contributed by atoms with Gasteiger partial charge in [-0.2, -0.15) is 0 Å². The molecule has 104 valence electrons. The van der Waals surface area contributed by atoms with Crippen LogP contribution in [-0.2, 0) is 0 Å². The number of nitrogens with two attached hydrogens (primary N) is 1. The number of aromatic hydroxyl groups is 1. The Bertz CT molecular complexity index is 366. The van der Waals surface area contributed by atoms with Gasteiger partial charge in [-0.05, 0) is 17.7 Å². The van der Waals surface area contributed by atoms with Gasteiger partial charge in [-0.15, -0.1) is 12.4 Å². The van der Waals surface area contributed by atoms with Crippen LogP contribution in [0.5, 0.6) is 17.2 Å². The van der Waals surface area contributed by atoms with Crippen molar-refractivity contribution in [3.05, 3.63) is 17.7 Å². The summed E-state index contributed by atoms with van der Waals surface area (Å²) in [6.07, 6.45) is -2.95. The quantitative estimate of drug-likeness (QED) is 0.871. The van der Waals surface area contributed by atoms with Crippen LogP contribution in [0.1, 0.15) is 18.0 Å². The molecular weight excluding hydrogens is 268 g/mol. The van der Waals surface area contributed by atoms with E-state index in [1.165, 1.54) is 26.4 Å². The van der Waals surface area contributed by atoms with Gasteiger partial charge in [0.25, 0.3) is 0 Å². The van der Waals surface area contributed by atoms with Crippen LogP contribution >= 0.6 is 12.4 Å². The van der Waals surface area contributed by atoms with Gasteiger partial charge in [0, 0.05) is 12.5 Å². The Labute approximate surface area is 110 Å². The lowest BCUT2D eigenvalue weighted by molar-refractivity contribution is 0.128. The second-order valence-electron chi connectivity index (χ2n) is 3.51. The van der Waals surface area contributed by atoms with Crippen LogP contribution in [-0.4, -0.2) is 25.8 Å². The highest BCUT2D eigenvalue weighted by Crippen LogP contribution is 2.39. The fraction of sp³-hybridized carbons (Fsp3) is 0.455. The molecule has 0 spiro atoms. The molecule has 0 aliphatic carbocycles. The Kier molecular flexibility index (Phi) is 6.72. The molecule has 4 nitrogen and oxygen atoms in total. The third-order valence-corrected chi connectivity index (χ3v) is 2.36. The summed E-state index contributed by atoms with van der Waals surface area (Å²) >= 11 is 0. The number of hydrogen-bond donors (Lipinski definition) is 2. The van der Waals surface area contributed by atoms with Gasteiger partial charge < -0.3 is 20.3 Å². The molecule has 0 saturated heterocycles. The third-order valence-electron chi connectivity index (χ3n) is 2.36. The summed E-state index contributed by atoms with van der Waals surface area (Å²) in [5.74, 6) is 0.108. The fourth-order valence-corrected chi connectivity index (χ4v) is 1.46. The van der Waals surface area contributed by atoms with Crippen LogP contribution in [0.25, 0.3) is 0 Å². The number of hydrogen-bond acceptors (Lipinski definition) is 4. The highest BCUT2D eigenvalue weighted by molar-refractivity contribution is 5.85. The summed E-state index contributed by atoms with van der Waals surface area (Å²) in [5, 5.41) is 9.64. The molecule has 1 atom stereocenters. The molecule has 0 heterocycles. The largest absolute Gasteiger partial charge is 0.502 e. The molecule has 3 N–H and O–H groups in total. The van der Waals surface area contributed by atoms with Crippen LogP contribution in [0, 0.1) is 0 Å². The molecule has 0 saturated carbocycles. The monoisotopic (exact) mass is 283 g/mol. The zero-order chi connectivity index (χ0) is 13.0. The lowest BCUT2D eigenvalue weighted by Crippen LogP contribution is -2.14. The number of ether oxygens (including phenoxy) is 2. The zero-order valence-corrected chi connectivity index (χ0v) is 10.8. The van der Waals surface area contributed by atoms with E-state index in [2.05, 4.69) is 0 Å². The first-order valence-electron chi connectivity index (χ1n) is 4.98. The first kappa shape index (κ1) is 16.7. The summed E-state index contributed by atoms with van der Waals surface area (Å²) in [7, 11) is 2.72. The third kappa shape index (κ3) is 3.89. The molecule has 18 heavy (non-hydrogen) atoms. The van der Waals surface area contributed by atoms with Crippen LogP contribution in [0.2, 0.25) is 0 Å². The molecule has 1 rings (SSSR count). The molecule has 0 fully saturated rings. The van der Waals surface area contributed by atoms with E-state index in [4.69, 9.17) is 15.2 Å². The minimum atomic E-state index is -2.49. The van der Waals surface area contributed by atoms with Crippen LogP contribution < -0.4 is 15.2 Å². The van der Waals surface area contributed by atoms with Crippen molar-refractivity contribution in [1.29, 1.82) is 0 Å². The molecule has 7 heteroatoms. The smallest absolute Gasteiger partial charge is 0.240 e. The van der Waals surface area contributed by atoms with Gasteiger partial charge >= 0.3 is 0 Å². The lowest BCUT2D eigenvalue weighted by atomic mass is 10.0. The van der Waals surface area contributed by atoms with Gasteiger partial charge in [-0.25, -0.2) is 8.78 Å². The van der Waals surface area contributed by atoms with Gasteiger partial charge in [0.15, 0.2) is 11.5 Å². The number of methoxy groups -OCH3 is 2. The Morgan fingerprint density at radius 1 is 1.22 bits per heavy atom. The van der Waals surface area contributed by atoms with Crippen molar-refractivity contribution in [3.63, 3.8) is 0 Å². The molecule has 0 aliphatic heterocycles. The van der Waals surface area contributed by atoms with Crippen molar-refractivity contribution in [2.45, 2.75) is 18.9 Å². The molecule has 0 unspecified atom stereocenters. The van der Waals surface area contributed by atoms with Crippen molar-refractivity contribution in [3.8, 4) is 17.2 Å². The van der Waals surface area contributed by atoms with E-state index in [-0.39, 0.29) is 29.7 Å². The number of rotatable bonds is 5. The Morgan fingerprint density at radius 2 is 1.67 bits per heavy atom. The molecular formula is C11H16ClF2NO3. The Balaban J connectivity index is 0.00000289. The van der Waals surface area contributed by atoms with E-state index < -0.39 is 18.9 Å². The predicted octanol–water partition coefficient (Wildman–Crippen LogP) is 2.49. The van der Waals surface area contributed by atoms with E-state index in [0.717, 1.165) is 0 Å². The van der Waals surface area contributed by atoms with E-state index >= 15 is 0 Å². The normalized spacial score (nSPS) is 11.9. The van der Waals surface area contributed by atoms with Crippen LogP contribution in [0.3, 0.4) is 0 Å². The number of benzene rings is 1. The van der Waals surface area contributed by atoms with Gasteiger partial charge in [0.1, 0.15) is 0 Å². The summed E-state index contributed by atoms with van der Waals surface area (Å²) in [6, 6.07) is 2.01. The van der Waals surface area contributed by atoms with Crippen LogP contribution in [0.15, 0.2) is 12.1 Å². The fourth-order valence-electron chi connectivity index (χ4n) is 1.46. The van der Waals surface area contributed by atoms with Crippen molar-refractivity contribution in [2.24, 2.45) is 5.73 Å². The number of alkyl halides is 2. The van der Waals surface area contributed by atoms with Gasteiger partial charge in [0.2, 0.25) is 12.2 Å². The van der Waals surface area contributed by atoms with E-state index in [1.807, 2.05) is 0 Å². The first-order chi connectivity index (χ1) is 7.99. The van der Waals surface area contributed by atoms with Crippen LogP contribution in [0.4, 0.5) is 8.78 Å². The maximum atomic E-state index is 12.2. The minimum Gasteiger partial charge on any atom is -0.502 e. The number of phenols is 1. The molecule has 1 aromatic carbocycles.